The van der Waals surface area contributed by atoms with Crippen LogP contribution >= 0.6 is 11.3 Å². The minimum Gasteiger partial charge on any atom is -0.331 e. The van der Waals surface area contributed by atoms with Gasteiger partial charge in [0, 0.05) is 16.3 Å². The number of hydrogen-bond donors (Lipinski definition) is 1. The van der Waals surface area contributed by atoms with Crippen molar-refractivity contribution in [3.63, 3.8) is 0 Å². The molecule has 1 heterocycles. The van der Waals surface area contributed by atoms with Crippen LogP contribution in [-0.2, 0) is 0 Å². The fourth-order valence-corrected chi connectivity index (χ4v) is 3.81. The van der Waals surface area contributed by atoms with E-state index in [2.05, 4.69) is 50.4 Å². The average Bonchev–Trinajstić information content (AvgIpc) is 3.31. The topological polar surface area (TPSA) is 32.3 Å². The molecule has 1 fully saturated rings. The van der Waals surface area contributed by atoms with Crippen molar-refractivity contribution in [3.05, 3.63) is 57.8 Å². The molecule has 1 saturated carbocycles. The summed E-state index contributed by atoms with van der Waals surface area (Å²) in [5.41, 5.74) is 1.19. The molecule has 1 aliphatic rings. The van der Waals surface area contributed by atoms with Crippen LogP contribution in [0.15, 0.2) is 42.5 Å². The molecule has 4 heteroatoms. The van der Waals surface area contributed by atoms with Gasteiger partial charge in [-0.25, -0.2) is 4.79 Å². The Balaban J connectivity index is 1.71. The molecule has 3 nitrogen and oxygen atoms in total. The van der Waals surface area contributed by atoms with Gasteiger partial charge < -0.3 is 10.2 Å². The van der Waals surface area contributed by atoms with Crippen LogP contribution in [0, 0.1) is 12.8 Å². The molecule has 2 atom stereocenters. The molecule has 2 unspecified atom stereocenters. The standard InChI is InChI=1S/C20H26N2OS/c1-14-9-12-19(24-14)15(2)21-20(23)22(13-17-10-11-17)16(3)18-7-5-4-6-8-18/h4-9,12,15-17H,10-11,13H2,1-3H3,(H,21,23). The van der Waals surface area contributed by atoms with Crippen LogP contribution in [0.5, 0.6) is 0 Å². The number of benzene rings is 1. The second-order valence-electron chi connectivity index (χ2n) is 6.80. The molecule has 0 saturated heterocycles. The molecule has 0 spiro atoms. The zero-order valence-electron chi connectivity index (χ0n) is 14.7. The van der Waals surface area contributed by atoms with E-state index < -0.39 is 0 Å². The van der Waals surface area contributed by atoms with Gasteiger partial charge in [-0.05, 0) is 57.2 Å². The van der Waals surface area contributed by atoms with Gasteiger partial charge >= 0.3 is 6.03 Å². The number of aryl methyl sites for hydroxylation is 1. The molecule has 2 amide bonds. The maximum atomic E-state index is 12.9. The lowest BCUT2D eigenvalue weighted by Crippen LogP contribution is -2.43. The Hall–Kier alpha value is -1.81. The van der Waals surface area contributed by atoms with Crippen LogP contribution in [0.1, 0.15) is 54.1 Å². The van der Waals surface area contributed by atoms with E-state index in [4.69, 9.17) is 0 Å². The highest BCUT2D eigenvalue weighted by Crippen LogP contribution is 2.33. The summed E-state index contributed by atoms with van der Waals surface area (Å²) in [6.07, 6.45) is 2.48. The van der Waals surface area contributed by atoms with Gasteiger partial charge in [0.2, 0.25) is 0 Å². The molecule has 1 aromatic carbocycles. The normalized spacial score (nSPS) is 16.5. The monoisotopic (exact) mass is 342 g/mol. The molecule has 0 bridgehead atoms. The summed E-state index contributed by atoms with van der Waals surface area (Å²) in [7, 11) is 0. The third kappa shape index (κ3) is 4.18. The highest BCUT2D eigenvalue weighted by atomic mass is 32.1. The van der Waals surface area contributed by atoms with Crippen molar-refractivity contribution in [2.24, 2.45) is 5.92 Å². The molecule has 0 aliphatic heterocycles. The fourth-order valence-electron chi connectivity index (χ4n) is 2.93. The third-order valence-electron chi connectivity index (χ3n) is 4.69. The summed E-state index contributed by atoms with van der Waals surface area (Å²) >= 11 is 1.75. The number of nitrogens with zero attached hydrogens (tertiary/aromatic N) is 1. The average molecular weight is 343 g/mol. The summed E-state index contributed by atoms with van der Waals surface area (Å²) in [6.45, 7) is 7.13. The first-order valence-electron chi connectivity index (χ1n) is 8.73. The molecule has 1 N–H and O–H groups in total. The lowest BCUT2D eigenvalue weighted by molar-refractivity contribution is 0.173. The van der Waals surface area contributed by atoms with Gasteiger partial charge in [0.1, 0.15) is 0 Å². The van der Waals surface area contributed by atoms with Gasteiger partial charge in [-0.15, -0.1) is 11.3 Å². The Bertz CT molecular complexity index is 678. The third-order valence-corrected chi connectivity index (χ3v) is 5.87. The molecule has 1 aliphatic carbocycles. The second kappa shape index (κ2) is 7.39. The van der Waals surface area contributed by atoms with E-state index in [1.165, 1.54) is 28.2 Å². The summed E-state index contributed by atoms with van der Waals surface area (Å²) in [4.78, 5) is 17.4. The van der Waals surface area contributed by atoms with E-state index in [-0.39, 0.29) is 18.1 Å². The fraction of sp³-hybridized carbons (Fsp3) is 0.450. The molecule has 24 heavy (non-hydrogen) atoms. The number of thiophene rings is 1. The predicted octanol–water partition coefficient (Wildman–Crippen LogP) is 5.30. The Morgan fingerprint density at radius 2 is 1.92 bits per heavy atom. The first-order chi connectivity index (χ1) is 11.5. The predicted molar refractivity (Wildman–Crippen MR) is 100 cm³/mol. The molecule has 0 radical (unpaired) electrons. The molecule has 3 rings (SSSR count). The second-order valence-corrected chi connectivity index (χ2v) is 8.12. The summed E-state index contributed by atoms with van der Waals surface area (Å²) < 4.78 is 0. The quantitative estimate of drug-likeness (QED) is 0.759. The van der Waals surface area contributed by atoms with Crippen molar-refractivity contribution in [1.82, 2.24) is 10.2 Å². The minimum absolute atomic E-state index is 0.0387. The zero-order chi connectivity index (χ0) is 17.1. The minimum atomic E-state index is 0.0387. The van der Waals surface area contributed by atoms with Crippen molar-refractivity contribution in [1.29, 1.82) is 0 Å². The Morgan fingerprint density at radius 3 is 2.50 bits per heavy atom. The Kier molecular flexibility index (Phi) is 5.24. The number of carbonyl (C=O) groups excluding carboxylic acids is 1. The first kappa shape index (κ1) is 17.0. The lowest BCUT2D eigenvalue weighted by Gasteiger charge is -2.31. The van der Waals surface area contributed by atoms with Crippen LogP contribution in [0.2, 0.25) is 0 Å². The zero-order valence-corrected chi connectivity index (χ0v) is 15.5. The van der Waals surface area contributed by atoms with Crippen LogP contribution in [0.4, 0.5) is 4.79 Å². The van der Waals surface area contributed by atoms with Crippen molar-refractivity contribution in [2.45, 2.75) is 45.7 Å². The van der Waals surface area contributed by atoms with Crippen LogP contribution in [0.3, 0.4) is 0 Å². The van der Waals surface area contributed by atoms with E-state index in [1.807, 2.05) is 23.1 Å². The van der Waals surface area contributed by atoms with E-state index in [0.717, 1.165) is 6.54 Å². The van der Waals surface area contributed by atoms with Gasteiger partial charge in [0.15, 0.2) is 0 Å². The number of hydrogen-bond acceptors (Lipinski definition) is 2. The maximum absolute atomic E-state index is 12.9. The molecular formula is C20H26N2OS. The lowest BCUT2D eigenvalue weighted by atomic mass is 10.1. The SMILES string of the molecule is Cc1ccc(C(C)NC(=O)N(CC2CC2)C(C)c2ccccc2)s1. The van der Waals surface area contributed by atoms with Crippen molar-refractivity contribution >= 4 is 17.4 Å². The van der Waals surface area contributed by atoms with E-state index in [0.29, 0.717) is 5.92 Å². The summed E-state index contributed by atoms with van der Waals surface area (Å²) in [5, 5.41) is 3.19. The van der Waals surface area contributed by atoms with E-state index >= 15 is 0 Å². The maximum Gasteiger partial charge on any atom is 0.318 e. The number of rotatable bonds is 6. The highest BCUT2D eigenvalue weighted by molar-refractivity contribution is 7.12. The number of urea groups is 1. The Morgan fingerprint density at radius 1 is 1.21 bits per heavy atom. The van der Waals surface area contributed by atoms with Gasteiger partial charge in [0.05, 0.1) is 12.1 Å². The van der Waals surface area contributed by atoms with Gasteiger partial charge in [-0.3, -0.25) is 0 Å². The summed E-state index contributed by atoms with van der Waals surface area (Å²) in [6, 6.07) is 14.7. The number of nitrogens with one attached hydrogen (secondary N) is 1. The van der Waals surface area contributed by atoms with E-state index in [9.17, 15) is 4.79 Å². The van der Waals surface area contributed by atoms with Crippen molar-refractivity contribution in [3.8, 4) is 0 Å². The van der Waals surface area contributed by atoms with Crippen LogP contribution in [0.25, 0.3) is 0 Å². The van der Waals surface area contributed by atoms with Gasteiger partial charge in [-0.2, -0.15) is 0 Å². The van der Waals surface area contributed by atoms with Crippen LogP contribution in [-0.4, -0.2) is 17.5 Å². The smallest absolute Gasteiger partial charge is 0.318 e. The van der Waals surface area contributed by atoms with Crippen LogP contribution < -0.4 is 5.32 Å². The van der Waals surface area contributed by atoms with Crippen molar-refractivity contribution in [2.75, 3.05) is 6.54 Å². The number of amides is 2. The molecule has 2 aromatic rings. The Labute approximate surface area is 148 Å². The number of carbonyl (C=O) groups is 1. The summed E-state index contributed by atoms with van der Waals surface area (Å²) in [5.74, 6) is 0.668. The molecule has 128 valence electrons. The largest absolute Gasteiger partial charge is 0.331 e. The van der Waals surface area contributed by atoms with Gasteiger partial charge in [0.25, 0.3) is 0 Å². The van der Waals surface area contributed by atoms with Crippen molar-refractivity contribution < 1.29 is 4.79 Å². The van der Waals surface area contributed by atoms with E-state index in [1.54, 1.807) is 11.3 Å². The first-order valence-corrected chi connectivity index (χ1v) is 9.54. The highest BCUT2D eigenvalue weighted by Gasteiger charge is 2.30. The molecule has 1 aromatic heterocycles. The van der Waals surface area contributed by atoms with Gasteiger partial charge in [-0.1, -0.05) is 30.3 Å². The molecular weight excluding hydrogens is 316 g/mol.